The monoisotopic (exact) mass is 311 g/mol. The highest BCUT2D eigenvalue weighted by Crippen LogP contribution is 2.25. The molecule has 0 saturated carbocycles. The van der Waals surface area contributed by atoms with Crippen molar-refractivity contribution in [1.82, 2.24) is 5.32 Å². The number of anilines is 1. The Kier molecular flexibility index (Phi) is 5.74. The molecular weight excluding hydrogens is 290 g/mol. The van der Waals surface area contributed by atoms with Crippen molar-refractivity contribution in [2.45, 2.75) is 19.8 Å². The summed E-state index contributed by atoms with van der Waals surface area (Å²) in [4.78, 5) is 22.8. The highest BCUT2D eigenvalue weighted by molar-refractivity contribution is 5.89. The fourth-order valence-electron chi connectivity index (χ4n) is 2.29. The van der Waals surface area contributed by atoms with Crippen molar-refractivity contribution in [2.24, 2.45) is 5.73 Å². The molecule has 0 fully saturated rings. The van der Waals surface area contributed by atoms with Crippen molar-refractivity contribution in [1.29, 1.82) is 0 Å². The largest absolute Gasteiger partial charge is 0.369 e. The van der Waals surface area contributed by atoms with Gasteiger partial charge in [0, 0.05) is 12.2 Å². The average molecular weight is 311 g/mol. The fourth-order valence-corrected chi connectivity index (χ4v) is 2.29. The van der Waals surface area contributed by atoms with E-state index in [4.69, 9.17) is 5.73 Å². The molecule has 0 aliphatic carbocycles. The molecule has 0 aromatic heterocycles. The maximum Gasteiger partial charge on any atom is 0.319 e. The number of hydrogen-bond donors (Lipinski definition) is 3. The van der Waals surface area contributed by atoms with E-state index < -0.39 is 0 Å². The number of carbonyl (C=O) groups excluding carboxylic acids is 2. The Hall–Kier alpha value is -2.82. The summed E-state index contributed by atoms with van der Waals surface area (Å²) >= 11 is 0. The number of nitrogens with one attached hydrogen (secondary N) is 2. The summed E-state index contributed by atoms with van der Waals surface area (Å²) in [6.45, 7) is 2.64. The van der Waals surface area contributed by atoms with E-state index in [1.165, 1.54) is 0 Å². The van der Waals surface area contributed by atoms with E-state index in [2.05, 4.69) is 10.6 Å². The van der Waals surface area contributed by atoms with Crippen LogP contribution in [0, 0.1) is 0 Å². The number of rotatable bonds is 6. The first-order valence-electron chi connectivity index (χ1n) is 7.61. The van der Waals surface area contributed by atoms with Crippen LogP contribution in [0.3, 0.4) is 0 Å². The first-order chi connectivity index (χ1) is 11.1. The van der Waals surface area contributed by atoms with E-state index in [9.17, 15) is 9.59 Å². The van der Waals surface area contributed by atoms with Crippen LogP contribution in [0.15, 0.2) is 48.5 Å². The molecular formula is C18H21N3O2. The summed E-state index contributed by atoms with van der Waals surface area (Å²) in [6, 6.07) is 14.9. The van der Waals surface area contributed by atoms with Gasteiger partial charge in [-0.2, -0.15) is 0 Å². The molecule has 5 heteroatoms. The zero-order valence-corrected chi connectivity index (χ0v) is 13.1. The number of primary amides is 1. The van der Waals surface area contributed by atoms with Crippen LogP contribution < -0.4 is 16.4 Å². The lowest BCUT2D eigenvalue weighted by molar-refractivity contribution is -0.117. The van der Waals surface area contributed by atoms with Crippen LogP contribution in [-0.2, 0) is 11.2 Å². The van der Waals surface area contributed by atoms with Crippen molar-refractivity contribution in [3.8, 4) is 11.1 Å². The van der Waals surface area contributed by atoms with E-state index in [-0.39, 0.29) is 18.4 Å². The quantitative estimate of drug-likeness (QED) is 0.766. The summed E-state index contributed by atoms with van der Waals surface area (Å²) < 4.78 is 0. The molecule has 0 radical (unpaired) electrons. The molecule has 4 N–H and O–H groups in total. The van der Waals surface area contributed by atoms with Crippen molar-refractivity contribution < 1.29 is 9.59 Å². The van der Waals surface area contributed by atoms with Gasteiger partial charge in [0.2, 0.25) is 5.91 Å². The molecule has 120 valence electrons. The molecule has 3 amide bonds. The standard InChI is InChI=1S/C18H21N3O2/c1-2-11-20-18(23)21-15-9-7-13(8-10-15)16-6-4-3-5-14(16)12-17(19)22/h3-10H,2,11-12H2,1H3,(H2,19,22)(H2,20,21,23). The van der Waals surface area contributed by atoms with Gasteiger partial charge in [-0.3, -0.25) is 4.79 Å². The summed E-state index contributed by atoms with van der Waals surface area (Å²) in [5, 5.41) is 5.53. The molecule has 0 spiro atoms. The van der Waals surface area contributed by atoms with Crippen LogP contribution in [0.4, 0.5) is 10.5 Å². The van der Waals surface area contributed by atoms with Crippen molar-refractivity contribution >= 4 is 17.6 Å². The highest BCUT2D eigenvalue weighted by Gasteiger charge is 2.07. The summed E-state index contributed by atoms with van der Waals surface area (Å²) in [5.41, 5.74) is 8.84. The topological polar surface area (TPSA) is 84.2 Å². The van der Waals surface area contributed by atoms with Crippen LogP contribution in [-0.4, -0.2) is 18.5 Å². The molecule has 5 nitrogen and oxygen atoms in total. The lowest BCUT2D eigenvalue weighted by atomic mass is 9.97. The molecule has 0 atom stereocenters. The Bertz CT molecular complexity index is 681. The van der Waals surface area contributed by atoms with Gasteiger partial charge in [-0.05, 0) is 35.2 Å². The van der Waals surface area contributed by atoms with Gasteiger partial charge < -0.3 is 16.4 Å². The average Bonchev–Trinajstić information content (AvgIpc) is 2.54. The lowest BCUT2D eigenvalue weighted by Crippen LogP contribution is -2.29. The van der Waals surface area contributed by atoms with Gasteiger partial charge in [0.25, 0.3) is 0 Å². The van der Waals surface area contributed by atoms with E-state index in [1.54, 1.807) is 0 Å². The third-order valence-corrected chi connectivity index (χ3v) is 3.37. The first kappa shape index (κ1) is 16.5. The number of urea groups is 1. The zero-order valence-electron chi connectivity index (χ0n) is 13.1. The minimum Gasteiger partial charge on any atom is -0.369 e. The molecule has 2 aromatic carbocycles. The zero-order chi connectivity index (χ0) is 16.7. The van der Waals surface area contributed by atoms with Gasteiger partial charge in [0.05, 0.1) is 6.42 Å². The second kappa shape index (κ2) is 7.98. The van der Waals surface area contributed by atoms with Gasteiger partial charge in [-0.25, -0.2) is 4.79 Å². The van der Waals surface area contributed by atoms with Crippen LogP contribution in [0.5, 0.6) is 0 Å². The summed E-state index contributed by atoms with van der Waals surface area (Å²) in [6.07, 6.45) is 1.10. The Morgan fingerprint density at radius 1 is 1.04 bits per heavy atom. The third-order valence-electron chi connectivity index (χ3n) is 3.37. The number of amides is 3. The van der Waals surface area contributed by atoms with Gasteiger partial charge >= 0.3 is 6.03 Å². The maximum absolute atomic E-state index is 11.6. The van der Waals surface area contributed by atoms with Crippen LogP contribution in [0.25, 0.3) is 11.1 Å². The maximum atomic E-state index is 11.6. The Labute approximate surface area is 135 Å². The molecule has 0 heterocycles. The normalized spacial score (nSPS) is 10.1. The van der Waals surface area contributed by atoms with E-state index in [0.29, 0.717) is 6.54 Å². The Morgan fingerprint density at radius 2 is 1.74 bits per heavy atom. The van der Waals surface area contributed by atoms with Crippen molar-refractivity contribution in [3.63, 3.8) is 0 Å². The number of nitrogens with two attached hydrogens (primary N) is 1. The minimum atomic E-state index is -0.358. The third kappa shape index (κ3) is 4.85. The van der Waals surface area contributed by atoms with Crippen LogP contribution >= 0.6 is 0 Å². The van der Waals surface area contributed by atoms with E-state index in [0.717, 1.165) is 28.8 Å². The number of benzene rings is 2. The Balaban J connectivity index is 2.14. The van der Waals surface area contributed by atoms with E-state index >= 15 is 0 Å². The predicted molar refractivity (Wildman–Crippen MR) is 92.1 cm³/mol. The molecule has 0 bridgehead atoms. The molecule has 2 rings (SSSR count). The van der Waals surface area contributed by atoms with Gasteiger partial charge in [-0.15, -0.1) is 0 Å². The summed E-state index contributed by atoms with van der Waals surface area (Å²) in [7, 11) is 0. The van der Waals surface area contributed by atoms with Crippen LogP contribution in [0.2, 0.25) is 0 Å². The first-order valence-corrected chi connectivity index (χ1v) is 7.61. The predicted octanol–water partition coefficient (Wildman–Crippen LogP) is 2.91. The lowest BCUT2D eigenvalue weighted by Gasteiger charge is -2.10. The van der Waals surface area contributed by atoms with Crippen molar-refractivity contribution in [2.75, 3.05) is 11.9 Å². The molecule has 0 aliphatic rings. The molecule has 0 aliphatic heterocycles. The second-order valence-corrected chi connectivity index (χ2v) is 5.26. The van der Waals surface area contributed by atoms with E-state index in [1.807, 2.05) is 55.5 Å². The Morgan fingerprint density at radius 3 is 2.39 bits per heavy atom. The summed E-state index contributed by atoms with van der Waals surface area (Å²) in [5.74, 6) is -0.358. The van der Waals surface area contributed by atoms with Crippen LogP contribution in [0.1, 0.15) is 18.9 Å². The molecule has 23 heavy (non-hydrogen) atoms. The molecule has 2 aromatic rings. The van der Waals surface area contributed by atoms with Gasteiger partial charge in [0.1, 0.15) is 0 Å². The SMILES string of the molecule is CCCNC(=O)Nc1ccc(-c2ccccc2CC(N)=O)cc1. The second-order valence-electron chi connectivity index (χ2n) is 5.26. The van der Waals surface area contributed by atoms with Crippen molar-refractivity contribution in [3.05, 3.63) is 54.1 Å². The van der Waals surface area contributed by atoms with Gasteiger partial charge in [-0.1, -0.05) is 43.3 Å². The number of hydrogen-bond acceptors (Lipinski definition) is 2. The van der Waals surface area contributed by atoms with Gasteiger partial charge in [0.15, 0.2) is 0 Å². The minimum absolute atomic E-state index is 0.204. The molecule has 0 unspecified atom stereocenters. The fraction of sp³-hybridized carbons (Fsp3) is 0.222. The molecule has 0 saturated heterocycles. The highest BCUT2D eigenvalue weighted by atomic mass is 16.2. The smallest absolute Gasteiger partial charge is 0.319 e. The number of carbonyl (C=O) groups is 2.